The third kappa shape index (κ3) is 4.94. The molecule has 0 atom stereocenters. The summed E-state index contributed by atoms with van der Waals surface area (Å²) in [6.45, 7) is 0. The van der Waals surface area contributed by atoms with E-state index in [9.17, 15) is 0 Å². The van der Waals surface area contributed by atoms with Crippen molar-refractivity contribution in [2.75, 3.05) is 0 Å². The molecule has 0 radical (unpaired) electrons. The van der Waals surface area contributed by atoms with Gasteiger partial charge < -0.3 is 0 Å². The molecule has 2 heterocycles. The summed E-state index contributed by atoms with van der Waals surface area (Å²) >= 11 is 3.12. The number of aromatic nitrogens is 2. The molecule has 4 nitrogen and oxygen atoms in total. The summed E-state index contributed by atoms with van der Waals surface area (Å²) in [5, 5.41) is 1.47. The minimum absolute atomic E-state index is 0.736. The van der Waals surface area contributed by atoms with Crippen molar-refractivity contribution in [3.05, 3.63) is 96.1 Å². The lowest BCUT2D eigenvalue weighted by atomic mass is 10.2. The van der Waals surface area contributed by atoms with Gasteiger partial charge >= 0.3 is 0 Å². The monoisotopic (exact) mass is 450 g/mol. The van der Waals surface area contributed by atoms with E-state index in [4.69, 9.17) is 0 Å². The Morgan fingerprint density at radius 2 is 1.03 bits per heavy atom. The summed E-state index contributed by atoms with van der Waals surface area (Å²) < 4.78 is 2.14. The lowest BCUT2D eigenvalue weighted by Crippen LogP contribution is -1.71. The van der Waals surface area contributed by atoms with Crippen molar-refractivity contribution in [1.82, 2.24) is 9.97 Å². The van der Waals surface area contributed by atoms with Gasteiger partial charge in [0, 0.05) is 12.4 Å². The largest absolute Gasteiger partial charge is 0.228 e. The highest BCUT2D eigenvalue weighted by Crippen LogP contribution is 2.35. The molecule has 0 spiro atoms. The molecule has 0 fully saturated rings. The second kappa shape index (κ2) is 9.60. The maximum absolute atomic E-state index is 4.64. The Hall–Kier alpha value is -3.74. The molecule has 0 bridgehead atoms. The molecule has 0 saturated heterocycles. The molecule has 0 N–H and O–H groups in total. The molecular formula is C26H18N4S2. The van der Waals surface area contributed by atoms with E-state index in [2.05, 4.69) is 56.4 Å². The van der Waals surface area contributed by atoms with Crippen molar-refractivity contribution in [2.45, 2.75) is 0 Å². The lowest BCUT2D eigenvalue weighted by Gasteiger charge is -1.88. The molecule has 5 rings (SSSR count). The van der Waals surface area contributed by atoms with Crippen molar-refractivity contribution >= 4 is 78.0 Å². The zero-order valence-electron chi connectivity index (χ0n) is 17.0. The van der Waals surface area contributed by atoms with E-state index in [0.29, 0.717) is 0 Å². The number of nitrogens with zero attached hydrogens (tertiary/aromatic N) is 4. The molecule has 0 amide bonds. The zero-order chi connectivity index (χ0) is 21.6. The van der Waals surface area contributed by atoms with Crippen LogP contribution in [0.2, 0.25) is 0 Å². The van der Waals surface area contributed by atoms with Crippen LogP contribution >= 0.6 is 22.7 Å². The van der Waals surface area contributed by atoms with Crippen molar-refractivity contribution < 1.29 is 0 Å². The Bertz CT molecular complexity index is 1300. The van der Waals surface area contributed by atoms with Gasteiger partial charge in [0.05, 0.1) is 20.4 Å². The molecule has 0 unspecified atom stereocenters. The minimum atomic E-state index is 0.736. The number of rotatable bonds is 6. The number of fused-ring (bicyclic) bond motifs is 2. The van der Waals surface area contributed by atoms with E-state index in [1.54, 1.807) is 35.1 Å². The first-order chi connectivity index (χ1) is 15.8. The Kier molecular flexibility index (Phi) is 6.05. The van der Waals surface area contributed by atoms with Gasteiger partial charge in [0.1, 0.15) is 0 Å². The Morgan fingerprint density at radius 1 is 0.594 bits per heavy atom. The smallest absolute Gasteiger partial charge is 0.210 e. The molecule has 5 aromatic rings. The molecule has 0 aliphatic carbocycles. The minimum Gasteiger partial charge on any atom is -0.228 e. The van der Waals surface area contributed by atoms with Gasteiger partial charge in [-0.3, -0.25) is 0 Å². The quantitative estimate of drug-likeness (QED) is 0.248. The highest BCUT2D eigenvalue weighted by Gasteiger charge is 2.08. The van der Waals surface area contributed by atoms with Crippen LogP contribution < -0.4 is 0 Å². The summed E-state index contributed by atoms with van der Waals surface area (Å²) in [6.07, 6.45) is 11.5. The van der Waals surface area contributed by atoms with Crippen molar-refractivity contribution in [1.29, 1.82) is 0 Å². The van der Waals surface area contributed by atoms with E-state index in [1.165, 1.54) is 0 Å². The predicted octanol–water partition coefficient (Wildman–Crippen LogP) is 7.74. The summed E-state index contributed by atoms with van der Waals surface area (Å²) in [4.78, 5) is 18.2. The fourth-order valence-corrected chi connectivity index (χ4v) is 4.75. The number of thiazole rings is 2. The standard InChI is InChI=1S/C26H18N4S2/c1-3-9-19(10-4-1)13-7-15-27-25-29-21-17-24-22(18-23(21)31-25)30-26(32-24)28-16-8-14-20-11-5-2-6-12-20/h1-18H/b13-7+,14-8+,27-15?,28-16?. The van der Waals surface area contributed by atoms with Gasteiger partial charge in [-0.1, -0.05) is 95.5 Å². The van der Waals surface area contributed by atoms with Crippen molar-refractivity contribution in [3.63, 3.8) is 0 Å². The number of allylic oxidation sites excluding steroid dienone is 2. The van der Waals surface area contributed by atoms with Crippen LogP contribution in [-0.4, -0.2) is 22.4 Å². The molecule has 3 aromatic carbocycles. The summed E-state index contributed by atoms with van der Waals surface area (Å²) in [5.74, 6) is 0. The van der Waals surface area contributed by atoms with Gasteiger partial charge in [-0.25, -0.2) is 20.0 Å². The Balaban J connectivity index is 1.30. The van der Waals surface area contributed by atoms with Gasteiger partial charge in [0.15, 0.2) is 0 Å². The van der Waals surface area contributed by atoms with E-state index in [-0.39, 0.29) is 0 Å². The summed E-state index contributed by atoms with van der Waals surface area (Å²) in [6, 6.07) is 24.4. The maximum atomic E-state index is 4.64. The molecule has 0 saturated carbocycles. The van der Waals surface area contributed by atoms with Crippen LogP contribution in [0, 0.1) is 0 Å². The van der Waals surface area contributed by atoms with Crippen molar-refractivity contribution in [2.24, 2.45) is 9.98 Å². The average Bonchev–Trinajstić information content (AvgIpc) is 3.41. The maximum Gasteiger partial charge on any atom is 0.210 e. The topological polar surface area (TPSA) is 50.5 Å². The van der Waals surface area contributed by atoms with Crippen LogP contribution in [-0.2, 0) is 0 Å². The SMILES string of the molecule is C(/C=C/c1ccccc1)=Nc1nc2cc3sc(N=C/C=C/c4ccccc4)nc3cc2s1. The predicted molar refractivity (Wildman–Crippen MR) is 140 cm³/mol. The van der Waals surface area contributed by atoms with Crippen LogP contribution in [0.4, 0.5) is 10.3 Å². The van der Waals surface area contributed by atoms with Gasteiger partial charge in [0.25, 0.3) is 0 Å². The van der Waals surface area contributed by atoms with Crippen LogP contribution in [0.5, 0.6) is 0 Å². The first-order valence-corrected chi connectivity index (χ1v) is 11.7. The first-order valence-electron chi connectivity index (χ1n) is 10.1. The number of benzene rings is 3. The molecule has 154 valence electrons. The molecule has 2 aromatic heterocycles. The van der Waals surface area contributed by atoms with Crippen LogP contribution in [0.1, 0.15) is 11.1 Å². The third-order valence-electron chi connectivity index (χ3n) is 4.59. The fourth-order valence-electron chi connectivity index (χ4n) is 3.09. The van der Waals surface area contributed by atoms with Gasteiger partial charge in [-0.15, -0.1) is 0 Å². The Morgan fingerprint density at radius 3 is 1.47 bits per heavy atom. The fraction of sp³-hybridized carbons (Fsp3) is 0. The zero-order valence-corrected chi connectivity index (χ0v) is 18.6. The van der Waals surface area contributed by atoms with Gasteiger partial charge in [0.2, 0.25) is 10.3 Å². The molecule has 0 aliphatic heterocycles. The van der Waals surface area contributed by atoms with Crippen molar-refractivity contribution in [3.8, 4) is 0 Å². The molecule has 0 aliphatic rings. The summed E-state index contributed by atoms with van der Waals surface area (Å²) in [7, 11) is 0. The van der Waals surface area contributed by atoms with Crippen LogP contribution in [0.15, 0.2) is 94.9 Å². The van der Waals surface area contributed by atoms with E-state index < -0.39 is 0 Å². The number of hydrogen-bond donors (Lipinski definition) is 0. The lowest BCUT2D eigenvalue weighted by molar-refractivity contribution is 1.41. The molecular weight excluding hydrogens is 432 g/mol. The Labute approximate surface area is 193 Å². The highest BCUT2D eigenvalue weighted by atomic mass is 32.1. The average molecular weight is 451 g/mol. The molecule has 6 heteroatoms. The van der Waals surface area contributed by atoms with Crippen LogP contribution in [0.3, 0.4) is 0 Å². The van der Waals surface area contributed by atoms with E-state index in [0.717, 1.165) is 41.8 Å². The highest BCUT2D eigenvalue weighted by molar-refractivity contribution is 7.23. The number of hydrogen-bond acceptors (Lipinski definition) is 6. The number of aliphatic imine (C=N–C) groups is 2. The normalized spacial score (nSPS) is 12.5. The van der Waals surface area contributed by atoms with E-state index >= 15 is 0 Å². The van der Waals surface area contributed by atoms with Gasteiger partial charge in [-0.05, 0) is 35.4 Å². The molecule has 32 heavy (non-hydrogen) atoms. The van der Waals surface area contributed by atoms with Crippen LogP contribution in [0.25, 0.3) is 32.6 Å². The van der Waals surface area contributed by atoms with Gasteiger partial charge in [-0.2, -0.15) is 0 Å². The second-order valence-corrected chi connectivity index (χ2v) is 8.89. The second-order valence-electron chi connectivity index (χ2n) is 6.88. The summed E-state index contributed by atoms with van der Waals surface area (Å²) in [5.41, 5.74) is 4.15. The first kappa shape index (κ1) is 20.2. The third-order valence-corrected chi connectivity index (χ3v) is 6.45. The van der Waals surface area contributed by atoms with E-state index in [1.807, 2.05) is 60.7 Å².